The number of benzene rings is 1. The molecule has 1 atom stereocenters. The number of carboxylic acids is 1. The van der Waals surface area contributed by atoms with Gasteiger partial charge in [-0.1, -0.05) is 24.3 Å². The summed E-state index contributed by atoms with van der Waals surface area (Å²) >= 11 is 0. The van der Waals surface area contributed by atoms with Crippen molar-refractivity contribution in [1.29, 1.82) is 0 Å². The van der Waals surface area contributed by atoms with Gasteiger partial charge in [0.2, 0.25) is 0 Å². The Bertz CT molecular complexity index is 430. The topological polar surface area (TPSA) is 40.5 Å². The summed E-state index contributed by atoms with van der Waals surface area (Å²) in [7, 11) is 0. The smallest absolute Gasteiger partial charge is 0.310 e. The maximum Gasteiger partial charge on any atom is 0.310 e. The van der Waals surface area contributed by atoms with Crippen LogP contribution in [0.25, 0.3) is 0 Å². The zero-order valence-corrected chi connectivity index (χ0v) is 10.4. The summed E-state index contributed by atoms with van der Waals surface area (Å²) in [6, 6.07) is 8.28. The Labute approximate surface area is 102 Å². The maximum atomic E-state index is 11.2. The molecule has 2 rings (SSSR count). The maximum absolute atomic E-state index is 11.2. The second-order valence-corrected chi connectivity index (χ2v) is 5.25. The van der Waals surface area contributed by atoms with E-state index in [4.69, 9.17) is 0 Å². The lowest BCUT2D eigenvalue weighted by atomic mass is 9.90. The molecule has 0 spiro atoms. The van der Waals surface area contributed by atoms with Gasteiger partial charge in [-0.2, -0.15) is 0 Å². The molecule has 1 aliphatic heterocycles. The van der Waals surface area contributed by atoms with Crippen molar-refractivity contribution in [3.05, 3.63) is 35.4 Å². The molecular formula is C14H19NO2. The highest BCUT2D eigenvalue weighted by Gasteiger charge is 2.40. The molecule has 1 N–H and O–H groups in total. The summed E-state index contributed by atoms with van der Waals surface area (Å²) < 4.78 is 0. The first kappa shape index (κ1) is 12.1. The van der Waals surface area contributed by atoms with Gasteiger partial charge in [0.05, 0.1) is 5.41 Å². The van der Waals surface area contributed by atoms with Crippen LogP contribution in [0, 0.1) is 12.3 Å². The van der Waals surface area contributed by atoms with Crippen LogP contribution >= 0.6 is 0 Å². The van der Waals surface area contributed by atoms with Gasteiger partial charge in [0.15, 0.2) is 0 Å². The molecule has 1 unspecified atom stereocenters. The zero-order valence-electron chi connectivity index (χ0n) is 10.4. The average molecular weight is 233 g/mol. The molecule has 0 radical (unpaired) electrons. The van der Waals surface area contributed by atoms with Crippen molar-refractivity contribution in [2.75, 3.05) is 13.1 Å². The lowest BCUT2D eigenvalue weighted by Crippen LogP contribution is -2.31. The Kier molecular flexibility index (Phi) is 3.20. The second kappa shape index (κ2) is 4.49. The summed E-state index contributed by atoms with van der Waals surface area (Å²) in [6.07, 6.45) is 0.744. The van der Waals surface area contributed by atoms with Crippen LogP contribution in [0.3, 0.4) is 0 Å². The second-order valence-electron chi connectivity index (χ2n) is 5.25. The van der Waals surface area contributed by atoms with Gasteiger partial charge in [0.1, 0.15) is 0 Å². The monoisotopic (exact) mass is 233 g/mol. The van der Waals surface area contributed by atoms with Crippen LogP contribution in [0.5, 0.6) is 0 Å². The Morgan fingerprint density at radius 1 is 1.47 bits per heavy atom. The molecular weight excluding hydrogens is 214 g/mol. The van der Waals surface area contributed by atoms with E-state index in [0.29, 0.717) is 6.54 Å². The minimum Gasteiger partial charge on any atom is -0.481 e. The third-order valence-corrected chi connectivity index (χ3v) is 3.72. The van der Waals surface area contributed by atoms with E-state index in [0.717, 1.165) is 19.5 Å². The third-order valence-electron chi connectivity index (χ3n) is 3.72. The summed E-state index contributed by atoms with van der Waals surface area (Å²) in [6.45, 7) is 6.32. The van der Waals surface area contributed by atoms with Gasteiger partial charge in [-0.3, -0.25) is 9.69 Å². The van der Waals surface area contributed by atoms with Crippen molar-refractivity contribution in [2.45, 2.75) is 26.8 Å². The normalized spacial score (nSPS) is 25.1. The van der Waals surface area contributed by atoms with Crippen molar-refractivity contribution in [2.24, 2.45) is 5.41 Å². The Hall–Kier alpha value is -1.35. The molecule has 1 saturated heterocycles. The van der Waals surface area contributed by atoms with E-state index in [9.17, 15) is 9.90 Å². The molecule has 0 aliphatic carbocycles. The van der Waals surface area contributed by atoms with Crippen LogP contribution < -0.4 is 0 Å². The van der Waals surface area contributed by atoms with Crippen LogP contribution in [-0.4, -0.2) is 29.1 Å². The SMILES string of the molecule is Cc1ccccc1CN1CCC(C)(C(=O)O)C1. The molecule has 17 heavy (non-hydrogen) atoms. The number of hydrogen-bond donors (Lipinski definition) is 1. The summed E-state index contributed by atoms with van der Waals surface area (Å²) in [5.41, 5.74) is 2.00. The molecule has 1 aromatic carbocycles. The Balaban J connectivity index is 2.04. The quantitative estimate of drug-likeness (QED) is 0.870. The molecule has 1 heterocycles. The standard InChI is InChI=1S/C14H19NO2/c1-11-5-3-4-6-12(11)9-15-8-7-14(2,10-15)13(16)17/h3-6H,7-10H2,1-2H3,(H,16,17). The number of aliphatic carboxylic acids is 1. The molecule has 1 aromatic rings. The Morgan fingerprint density at radius 3 is 2.76 bits per heavy atom. The summed E-state index contributed by atoms with van der Waals surface area (Å²) in [5, 5.41) is 9.18. The van der Waals surface area contributed by atoms with Crippen molar-refractivity contribution in [1.82, 2.24) is 4.90 Å². The van der Waals surface area contributed by atoms with E-state index in [-0.39, 0.29) is 0 Å². The molecule has 1 aliphatic rings. The van der Waals surface area contributed by atoms with Crippen molar-refractivity contribution < 1.29 is 9.90 Å². The van der Waals surface area contributed by atoms with Crippen LogP contribution in [0.2, 0.25) is 0 Å². The molecule has 0 bridgehead atoms. The lowest BCUT2D eigenvalue weighted by molar-refractivity contribution is -0.147. The zero-order chi connectivity index (χ0) is 12.5. The average Bonchev–Trinajstić information content (AvgIpc) is 2.65. The molecule has 92 valence electrons. The highest BCUT2D eigenvalue weighted by Crippen LogP contribution is 2.31. The molecule has 0 saturated carbocycles. The van der Waals surface area contributed by atoms with Crippen molar-refractivity contribution in [3.63, 3.8) is 0 Å². The van der Waals surface area contributed by atoms with Gasteiger partial charge in [-0.25, -0.2) is 0 Å². The van der Waals surface area contributed by atoms with Gasteiger partial charge in [-0.15, -0.1) is 0 Å². The van der Waals surface area contributed by atoms with Gasteiger partial charge in [0, 0.05) is 13.1 Å². The predicted octanol–water partition coefficient (Wildman–Crippen LogP) is 2.29. The van der Waals surface area contributed by atoms with E-state index in [1.165, 1.54) is 11.1 Å². The van der Waals surface area contributed by atoms with Gasteiger partial charge in [-0.05, 0) is 37.9 Å². The largest absolute Gasteiger partial charge is 0.481 e. The fourth-order valence-electron chi connectivity index (χ4n) is 2.39. The minimum absolute atomic E-state index is 0.567. The van der Waals surface area contributed by atoms with Gasteiger partial charge in [0.25, 0.3) is 0 Å². The fourth-order valence-corrected chi connectivity index (χ4v) is 2.39. The summed E-state index contributed by atoms with van der Waals surface area (Å²) in [4.78, 5) is 13.4. The molecule has 1 fully saturated rings. The van der Waals surface area contributed by atoms with Crippen LogP contribution in [-0.2, 0) is 11.3 Å². The predicted molar refractivity (Wildman–Crippen MR) is 66.8 cm³/mol. The molecule has 3 nitrogen and oxygen atoms in total. The number of rotatable bonds is 3. The number of carboxylic acid groups (broad SMARTS) is 1. The van der Waals surface area contributed by atoms with Crippen molar-refractivity contribution in [3.8, 4) is 0 Å². The van der Waals surface area contributed by atoms with Crippen molar-refractivity contribution >= 4 is 5.97 Å². The highest BCUT2D eigenvalue weighted by molar-refractivity contribution is 5.74. The first-order chi connectivity index (χ1) is 8.01. The van der Waals surface area contributed by atoms with E-state index in [2.05, 4.69) is 24.0 Å². The highest BCUT2D eigenvalue weighted by atomic mass is 16.4. The van der Waals surface area contributed by atoms with E-state index < -0.39 is 11.4 Å². The lowest BCUT2D eigenvalue weighted by Gasteiger charge is -2.20. The van der Waals surface area contributed by atoms with E-state index >= 15 is 0 Å². The number of carbonyl (C=O) groups is 1. The Morgan fingerprint density at radius 2 is 2.18 bits per heavy atom. The molecule has 0 aromatic heterocycles. The summed E-state index contributed by atoms with van der Waals surface area (Å²) in [5.74, 6) is -0.676. The minimum atomic E-state index is -0.676. The molecule has 0 amide bonds. The van der Waals surface area contributed by atoms with Crippen LogP contribution in [0.4, 0.5) is 0 Å². The number of likely N-dealkylation sites (tertiary alicyclic amines) is 1. The van der Waals surface area contributed by atoms with Gasteiger partial charge >= 0.3 is 5.97 Å². The third kappa shape index (κ3) is 2.50. The number of hydrogen-bond acceptors (Lipinski definition) is 2. The number of nitrogens with zero attached hydrogens (tertiary/aromatic N) is 1. The van der Waals surface area contributed by atoms with Gasteiger partial charge < -0.3 is 5.11 Å². The number of aryl methyl sites for hydroxylation is 1. The van der Waals surface area contributed by atoms with E-state index in [1.54, 1.807) is 0 Å². The van der Waals surface area contributed by atoms with Crippen LogP contribution in [0.15, 0.2) is 24.3 Å². The fraction of sp³-hybridized carbons (Fsp3) is 0.500. The first-order valence-electron chi connectivity index (χ1n) is 6.01. The molecule has 3 heteroatoms. The van der Waals surface area contributed by atoms with E-state index in [1.807, 2.05) is 19.1 Å². The first-order valence-corrected chi connectivity index (χ1v) is 6.01. The van der Waals surface area contributed by atoms with Crippen LogP contribution in [0.1, 0.15) is 24.5 Å².